The minimum atomic E-state index is -0.167. The summed E-state index contributed by atoms with van der Waals surface area (Å²) in [5.41, 5.74) is 2.78. The molecule has 0 saturated heterocycles. The number of ether oxygens (including phenoxy) is 1. The number of carbonyl (C=O) groups excluding carboxylic acids is 1. The molecular weight excluding hydrogens is 292 g/mol. The van der Waals surface area contributed by atoms with Crippen molar-refractivity contribution in [1.29, 1.82) is 0 Å². The van der Waals surface area contributed by atoms with Gasteiger partial charge in [-0.2, -0.15) is 5.10 Å². The van der Waals surface area contributed by atoms with Gasteiger partial charge in [-0.25, -0.2) is 0 Å². The second kappa shape index (κ2) is 6.12. The van der Waals surface area contributed by atoms with E-state index in [4.69, 9.17) is 9.84 Å². The van der Waals surface area contributed by atoms with Crippen molar-refractivity contribution >= 4 is 5.91 Å². The van der Waals surface area contributed by atoms with Crippen LogP contribution < -0.4 is 5.32 Å². The largest absolute Gasteiger partial charge is 0.370 e. The zero-order valence-electron chi connectivity index (χ0n) is 12.9. The van der Waals surface area contributed by atoms with Crippen LogP contribution in [0.25, 0.3) is 0 Å². The molecule has 120 valence electrons. The summed E-state index contributed by atoms with van der Waals surface area (Å²) in [6, 6.07) is 3.50. The molecule has 23 heavy (non-hydrogen) atoms. The summed E-state index contributed by atoms with van der Waals surface area (Å²) in [6.45, 7) is 2.11. The molecule has 6 heteroatoms. The zero-order valence-corrected chi connectivity index (χ0v) is 12.9. The molecule has 4 rings (SSSR count). The first kappa shape index (κ1) is 14.4. The number of amides is 1. The molecule has 1 aliphatic carbocycles. The average Bonchev–Trinajstić information content (AvgIpc) is 3.29. The standard InChI is InChI=1S/C17H20N4O2/c22-17(13-2-1-6-18-8-13)19-9-15-16-14(5-7-23-15)11-21(20-16)10-12-3-4-12/h1-2,6,8,11-12,15H,3-5,7,9-10H2,(H,19,22). The molecule has 2 aromatic rings. The van der Waals surface area contributed by atoms with Crippen molar-refractivity contribution in [3.05, 3.63) is 47.5 Å². The van der Waals surface area contributed by atoms with Gasteiger partial charge in [0.15, 0.2) is 0 Å². The molecule has 0 radical (unpaired) electrons. The summed E-state index contributed by atoms with van der Waals surface area (Å²) in [4.78, 5) is 16.1. The van der Waals surface area contributed by atoms with Crippen LogP contribution in [-0.4, -0.2) is 33.8 Å². The third-order valence-corrected chi connectivity index (χ3v) is 4.38. The van der Waals surface area contributed by atoms with Crippen molar-refractivity contribution in [2.45, 2.75) is 31.9 Å². The van der Waals surface area contributed by atoms with E-state index in [0.29, 0.717) is 18.7 Å². The summed E-state index contributed by atoms with van der Waals surface area (Å²) >= 11 is 0. The Kier molecular flexibility index (Phi) is 3.83. The highest BCUT2D eigenvalue weighted by Crippen LogP contribution is 2.32. The lowest BCUT2D eigenvalue weighted by molar-refractivity contribution is 0.0383. The van der Waals surface area contributed by atoms with Gasteiger partial charge >= 0.3 is 0 Å². The summed E-state index contributed by atoms with van der Waals surface area (Å²) in [6.07, 6.45) is 8.71. The smallest absolute Gasteiger partial charge is 0.252 e. The second-order valence-corrected chi connectivity index (χ2v) is 6.27. The summed E-state index contributed by atoms with van der Waals surface area (Å²) < 4.78 is 7.87. The molecular formula is C17H20N4O2. The topological polar surface area (TPSA) is 69.0 Å². The van der Waals surface area contributed by atoms with Crippen molar-refractivity contribution in [3.8, 4) is 0 Å². The first-order valence-corrected chi connectivity index (χ1v) is 8.15. The van der Waals surface area contributed by atoms with Crippen molar-refractivity contribution in [1.82, 2.24) is 20.1 Å². The number of nitrogens with one attached hydrogen (secondary N) is 1. The molecule has 2 aromatic heterocycles. The first-order chi connectivity index (χ1) is 11.3. The molecule has 2 aliphatic rings. The number of aromatic nitrogens is 3. The normalized spacial score (nSPS) is 20.1. The van der Waals surface area contributed by atoms with Crippen LogP contribution in [0.2, 0.25) is 0 Å². The Bertz CT molecular complexity index is 694. The molecule has 1 fully saturated rings. The fourth-order valence-electron chi connectivity index (χ4n) is 2.93. The van der Waals surface area contributed by atoms with Crippen molar-refractivity contribution in [2.24, 2.45) is 5.92 Å². The number of hydrogen-bond acceptors (Lipinski definition) is 4. The Hall–Kier alpha value is -2.21. The summed E-state index contributed by atoms with van der Waals surface area (Å²) in [7, 11) is 0. The summed E-state index contributed by atoms with van der Waals surface area (Å²) in [5.74, 6) is 0.659. The van der Waals surface area contributed by atoms with Gasteiger partial charge in [-0.1, -0.05) is 0 Å². The van der Waals surface area contributed by atoms with Gasteiger partial charge in [0.25, 0.3) is 5.91 Å². The molecule has 1 saturated carbocycles. The van der Waals surface area contributed by atoms with E-state index in [0.717, 1.165) is 24.6 Å². The van der Waals surface area contributed by atoms with Gasteiger partial charge in [-0.05, 0) is 42.9 Å². The molecule has 1 N–H and O–H groups in total. The van der Waals surface area contributed by atoms with Crippen LogP contribution in [-0.2, 0) is 17.7 Å². The number of nitrogens with zero attached hydrogens (tertiary/aromatic N) is 3. The minimum Gasteiger partial charge on any atom is -0.370 e. The van der Waals surface area contributed by atoms with E-state index in [1.807, 2.05) is 4.68 Å². The predicted molar refractivity (Wildman–Crippen MR) is 83.9 cm³/mol. The lowest BCUT2D eigenvalue weighted by atomic mass is 10.1. The Morgan fingerprint density at radius 2 is 2.35 bits per heavy atom. The van der Waals surface area contributed by atoms with Gasteiger partial charge in [-0.15, -0.1) is 0 Å². The van der Waals surface area contributed by atoms with Crippen LogP contribution >= 0.6 is 0 Å². The van der Waals surface area contributed by atoms with E-state index in [1.54, 1.807) is 24.5 Å². The quantitative estimate of drug-likeness (QED) is 0.913. The van der Waals surface area contributed by atoms with E-state index >= 15 is 0 Å². The maximum Gasteiger partial charge on any atom is 0.252 e. The molecule has 0 spiro atoms. The van der Waals surface area contributed by atoms with Crippen molar-refractivity contribution < 1.29 is 9.53 Å². The van der Waals surface area contributed by atoms with E-state index in [2.05, 4.69) is 16.5 Å². The molecule has 1 amide bonds. The van der Waals surface area contributed by atoms with Crippen LogP contribution in [0.3, 0.4) is 0 Å². The number of hydrogen-bond donors (Lipinski definition) is 1. The Balaban J connectivity index is 1.42. The highest BCUT2D eigenvalue weighted by atomic mass is 16.5. The number of carbonyl (C=O) groups is 1. The number of fused-ring (bicyclic) bond motifs is 1. The second-order valence-electron chi connectivity index (χ2n) is 6.27. The lowest BCUT2D eigenvalue weighted by Gasteiger charge is -2.22. The van der Waals surface area contributed by atoms with Gasteiger partial charge < -0.3 is 10.1 Å². The molecule has 1 atom stereocenters. The van der Waals surface area contributed by atoms with Crippen molar-refractivity contribution in [3.63, 3.8) is 0 Å². The SMILES string of the molecule is O=C(NCC1OCCc2cn(CC3CC3)nc21)c1cccnc1. The fraction of sp³-hybridized carbons (Fsp3) is 0.471. The van der Waals surface area contributed by atoms with Crippen LogP contribution in [0, 0.1) is 5.92 Å². The van der Waals surface area contributed by atoms with Crippen LogP contribution in [0.15, 0.2) is 30.7 Å². The van der Waals surface area contributed by atoms with E-state index < -0.39 is 0 Å². The number of pyridine rings is 1. The maximum atomic E-state index is 12.1. The first-order valence-electron chi connectivity index (χ1n) is 8.15. The molecule has 1 aliphatic heterocycles. The molecule has 0 aromatic carbocycles. The van der Waals surface area contributed by atoms with Gasteiger partial charge in [0, 0.05) is 31.7 Å². The monoisotopic (exact) mass is 312 g/mol. The predicted octanol–water partition coefficient (Wildman–Crippen LogP) is 1.73. The van der Waals surface area contributed by atoms with Crippen LogP contribution in [0.5, 0.6) is 0 Å². The Morgan fingerprint density at radius 1 is 1.43 bits per heavy atom. The van der Waals surface area contributed by atoms with E-state index in [-0.39, 0.29) is 12.0 Å². The fourth-order valence-corrected chi connectivity index (χ4v) is 2.93. The Morgan fingerprint density at radius 3 is 3.13 bits per heavy atom. The minimum absolute atomic E-state index is 0.133. The van der Waals surface area contributed by atoms with Gasteiger partial charge in [0.2, 0.25) is 0 Å². The van der Waals surface area contributed by atoms with E-state index in [1.165, 1.54) is 18.4 Å². The van der Waals surface area contributed by atoms with Gasteiger partial charge in [0.05, 0.1) is 17.9 Å². The van der Waals surface area contributed by atoms with Gasteiger partial charge in [0.1, 0.15) is 6.10 Å². The third-order valence-electron chi connectivity index (χ3n) is 4.38. The molecule has 3 heterocycles. The van der Waals surface area contributed by atoms with E-state index in [9.17, 15) is 4.79 Å². The maximum absolute atomic E-state index is 12.1. The number of rotatable bonds is 5. The average molecular weight is 312 g/mol. The Labute approximate surface area is 134 Å². The van der Waals surface area contributed by atoms with Crippen molar-refractivity contribution in [2.75, 3.05) is 13.2 Å². The lowest BCUT2D eigenvalue weighted by Crippen LogP contribution is -2.32. The van der Waals surface area contributed by atoms with Crippen LogP contribution in [0.4, 0.5) is 0 Å². The molecule has 0 bridgehead atoms. The molecule has 6 nitrogen and oxygen atoms in total. The molecule has 1 unspecified atom stereocenters. The third kappa shape index (κ3) is 3.27. The highest BCUT2D eigenvalue weighted by molar-refractivity contribution is 5.93. The van der Waals surface area contributed by atoms with Crippen LogP contribution in [0.1, 0.15) is 40.6 Å². The highest BCUT2D eigenvalue weighted by Gasteiger charge is 2.27. The zero-order chi connectivity index (χ0) is 15.6. The van der Waals surface area contributed by atoms with Gasteiger partial charge in [-0.3, -0.25) is 14.5 Å². The summed E-state index contributed by atoms with van der Waals surface area (Å²) in [5, 5.41) is 7.61.